The Morgan fingerprint density at radius 3 is 2.36 bits per heavy atom. The van der Waals surface area contributed by atoms with Gasteiger partial charge in [0.15, 0.2) is 0 Å². The smallest absolute Gasteiger partial charge is 0.259 e. The van der Waals surface area contributed by atoms with Crippen LogP contribution in [-0.4, -0.2) is 25.2 Å². The van der Waals surface area contributed by atoms with E-state index in [4.69, 9.17) is 5.10 Å². The minimum absolute atomic E-state index is 0.187. The summed E-state index contributed by atoms with van der Waals surface area (Å²) in [6.07, 6.45) is 7.26. The van der Waals surface area contributed by atoms with Crippen molar-refractivity contribution in [3.63, 3.8) is 0 Å². The fourth-order valence-electron chi connectivity index (χ4n) is 3.79. The average molecular weight is 434 g/mol. The number of carbonyl (C=O) groups is 1. The number of anilines is 1. The lowest BCUT2D eigenvalue weighted by Crippen LogP contribution is -2.12. The molecule has 1 N–H and O–H groups in total. The fraction of sp³-hybridized carbons (Fsp3) is 0.0741. The van der Waals surface area contributed by atoms with Crippen LogP contribution >= 0.6 is 0 Å². The Balaban J connectivity index is 1.42. The Morgan fingerprint density at radius 2 is 1.61 bits per heavy atom. The summed E-state index contributed by atoms with van der Waals surface area (Å²) in [5.41, 5.74) is 5.05. The molecule has 0 atom stereocenters. The zero-order valence-corrected chi connectivity index (χ0v) is 18.0. The standard InChI is InChI=1S/C27H23N5O/c33-27(29-24-13-7-10-22(16-24)17-31-15-14-28-20-31)25-19-32(18-21-8-3-1-4-9-21)30-26(25)23-11-5-2-6-12-23/h1-16,19-20H,17-18H2,(H,29,33). The summed E-state index contributed by atoms with van der Waals surface area (Å²) in [4.78, 5) is 17.4. The van der Waals surface area contributed by atoms with E-state index >= 15 is 0 Å². The van der Waals surface area contributed by atoms with E-state index in [1.807, 2.05) is 94.4 Å². The fourth-order valence-corrected chi connectivity index (χ4v) is 3.79. The number of nitrogens with one attached hydrogen (secondary N) is 1. The summed E-state index contributed by atoms with van der Waals surface area (Å²) in [7, 11) is 0. The molecule has 0 aliphatic carbocycles. The van der Waals surface area contributed by atoms with Crippen LogP contribution in [0.5, 0.6) is 0 Å². The lowest BCUT2D eigenvalue weighted by molar-refractivity contribution is 0.102. The molecule has 0 bridgehead atoms. The Labute approximate surface area is 192 Å². The van der Waals surface area contributed by atoms with Crippen molar-refractivity contribution in [1.82, 2.24) is 19.3 Å². The van der Waals surface area contributed by atoms with Gasteiger partial charge in [-0.25, -0.2) is 4.98 Å². The van der Waals surface area contributed by atoms with Gasteiger partial charge in [0, 0.05) is 36.4 Å². The van der Waals surface area contributed by atoms with Crippen molar-refractivity contribution in [1.29, 1.82) is 0 Å². The first-order valence-corrected chi connectivity index (χ1v) is 10.8. The zero-order valence-electron chi connectivity index (χ0n) is 18.0. The van der Waals surface area contributed by atoms with E-state index in [0.29, 0.717) is 24.3 Å². The lowest BCUT2D eigenvalue weighted by Gasteiger charge is -2.08. The van der Waals surface area contributed by atoms with Crippen LogP contribution in [0.25, 0.3) is 11.3 Å². The molecular weight excluding hydrogens is 410 g/mol. The molecule has 0 unspecified atom stereocenters. The number of amides is 1. The van der Waals surface area contributed by atoms with Crippen LogP contribution in [0.4, 0.5) is 5.69 Å². The molecule has 5 aromatic rings. The minimum atomic E-state index is -0.187. The lowest BCUT2D eigenvalue weighted by atomic mass is 10.1. The quantitative estimate of drug-likeness (QED) is 0.389. The predicted octanol–water partition coefficient (Wildman–Crippen LogP) is 5.10. The maximum Gasteiger partial charge on any atom is 0.259 e. The monoisotopic (exact) mass is 433 g/mol. The van der Waals surface area contributed by atoms with Gasteiger partial charge in [-0.05, 0) is 23.3 Å². The van der Waals surface area contributed by atoms with E-state index in [9.17, 15) is 4.79 Å². The Hall–Kier alpha value is -4.45. The molecule has 2 aromatic heterocycles. The van der Waals surface area contributed by atoms with E-state index in [1.54, 1.807) is 12.5 Å². The van der Waals surface area contributed by atoms with Gasteiger partial charge in [-0.1, -0.05) is 72.8 Å². The molecule has 5 rings (SSSR count). The van der Waals surface area contributed by atoms with Crippen LogP contribution in [0.2, 0.25) is 0 Å². The van der Waals surface area contributed by atoms with Gasteiger partial charge in [0.05, 0.1) is 18.4 Å². The molecule has 0 saturated heterocycles. The van der Waals surface area contributed by atoms with Gasteiger partial charge < -0.3 is 9.88 Å². The van der Waals surface area contributed by atoms with Gasteiger partial charge in [0.25, 0.3) is 5.91 Å². The van der Waals surface area contributed by atoms with Gasteiger partial charge in [-0.15, -0.1) is 0 Å². The second kappa shape index (κ2) is 9.36. The summed E-state index contributed by atoms with van der Waals surface area (Å²) < 4.78 is 3.81. The number of hydrogen-bond donors (Lipinski definition) is 1. The summed E-state index contributed by atoms with van der Waals surface area (Å²) in [6.45, 7) is 1.28. The van der Waals surface area contributed by atoms with Gasteiger partial charge in [0.2, 0.25) is 0 Å². The molecule has 6 heteroatoms. The van der Waals surface area contributed by atoms with Crippen LogP contribution in [0.1, 0.15) is 21.5 Å². The normalized spacial score (nSPS) is 10.8. The molecule has 33 heavy (non-hydrogen) atoms. The highest BCUT2D eigenvalue weighted by Crippen LogP contribution is 2.24. The number of aromatic nitrogens is 4. The summed E-state index contributed by atoms with van der Waals surface area (Å²) in [5, 5.41) is 7.80. The first-order chi connectivity index (χ1) is 16.2. The third-order valence-electron chi connectivity index (χ3n) is 5.35. The van der Waals surface area contributed by atoms with E-state index < -0.39 is 0 Å². The van der Waals surface area contributed by atoms with Crippen molar-refractivity contribution in [3.05, 3.63) is 127 Å². The minimum Gasteiger partial charge on any atom is -0.333 e. The first-order valence-electron chi connectivity index (χ1n) is 10.8. The average Bonchev–Trinajstić information content (AvgIpc) is 3.51. The molecule has 0 aliphatic rings. The van der Waals surface area contributed by atoms with Crippen LogP contribution < -0.4 is 5.32 Å². The molecular formula is C27H23N5O. The van der Waals surface area contributed by atoms with Crippen molar-refractivity contribution in [3.8, 4) is 11.3 Å². The number of nitrogens with zero attached hydrogens (tertiary/aromatic N) is 4. The number of hydrogen-bond acceptors (Lipinski definition) is 3. The molecule has 0 radical (unpaired) electrons. The van der Waals surface area contributed by atoms with E-state index in [1.165, 1.54) is 0 Å². The second-order valence-electron chi connectivity index (χ2n) is 7.83. The second-order valence-corrected chi connectivity index (χ2v) is 7.83. The van der Waals surface area contributed by atoms with Crippen LogP contribution in [0.15, 0.2) is 110 Å². The molecule has 0 aliphatic heterocycles. The Bertz CT molecular complexity index is 1340. The summed E-state index contributed by atoms with van der Waals surface area (Å²) in [5.74, 6) is -0.187. The molecule has 2 heterocycles. The van der Waals surface area contributed by atoms with Gasteiger partial charge >= 0.3 is 0 Å². The third kappa shape index (κ3) is 4.91. The number of carbonyl (C=O) groups excluding carboxylic acids is 1. The van der Waals surface area contributed by atoms with Crippen molar-refractivity contribution in [2.45, 2.75) is 13.1 Å². The molecule has 0 fully saturated rings. The van der Waals surface area contributed by atoms with Crippen molar-refractivity contribution < 1.29 is 4.79 Å². The molecule has 0 saturated carbocycles. The highest BCUT2D eigenvalue weighted by Gasteiger charge is 2.18. The van der Waals surface area contributed by atoms with Crippen LogP contribution in [0, 0.1) is 0 Å². The van der Waals surface area contributed by atoms with Crippen molar-refractivity contribution >= 4 is 11.6 Å². The van der Waals surface area contributed by atoms with Gasteiger partial charge in [0.1, 0.15) is 5.69 Å². The molecule has 162 valence electrons. The maximum atomic E-state index is 13.3. The SMILES string of the molecule is O=C(Nc1cccc(Cn2ccnc2)c1)c1cn(Cc2ccccc2)nc1-c1ccccc1. The maximum absolute atomic E-state index is 13.3. The highest BCUT2D eigenvalue weighted by molar-refractivity contribution is 6.08. The third-order valence-corrected chi connectivity index (χ3v) is 5.35. The highest BCUT2D eigenvalue weighted by atomic mass is 16.1. The number of imidazole rings is 1. The van der Waals surface area contributed by atoms with Crippen molar-refractivity contribution in [2.75, 3.05) is 5.32 Å². The summed E-state index contributed by atoms with van der Waals surface area (Å²) in [6, 6.07) is 27.7. The van der Waals surface area contributed by atoms with E-state index in [-0.39, 0.29) is 5.91 Å². The Kier molecular flexibility index (Phi) is 5.80. The Morgan fingerprint density at radius 1 is 0.848 bits per heavy atom. The zero-order chi connectivity index (χ0) is 22.5. The van der Waals surface area contributed by atoms with Gasteiger partial charge in [-0.3, -0.25) is 9.48 Å². The number of benzene rings is 3. The largest absolute Gasteiger partial charge is 0.333 e. The van der Waals surface area contributed by atoms with Crippen LogP contribution in [0.3, 0.4) is 0 Å². The topological polar surface area (TPSA) is 64.7 Å². The number of rotatable bonds is 7. The van der Waals surface area contributed by atoms with Gasteiger partial charge in [-0.2, -0.15) is 5.10 Å². The first kappa shape index (κ1) is 20.5. The molecule has 0 spiro atoms. The molecule has 3 aromatic carbocycles. The van der Waals surface area contributed by atoms with Crippen LogP contribution in [-0.2, 0) is 13.1 Å². The van der Waals surface area contributed by atoms with E-state index in [2.05, 4.69) is 22.4 Å². The summed E-state index contributed by atoms with van der Waals surface area (Å²) >= 11 is 0. The predicted molar refractivity (Wildman–Crippen MR) is 129 cm³/mol. The van der Waals surface area contributed by atoms with E-state index in [0.717, 1.165) is 22.4 Å². The molecule has 6 nitrogen and oxygen atoms in total. The molecule has 1 amide bonds. The van der Waals surface area contributed by atoms with Crippen molar-refractivity contribution in [2.24, 2.45) is 0 Å².